The standard InChI is InChI=1S/C22H31N7O2/c1-20-16-21-22(25-17-20)29(11-15-31-13-9-27-5-3-24-19-27)7-6-28(21)10-14-30-12-8-26-4-2-23-18-26/h2-5,16-19H,6-15H2,1H3. The Balaban J connectivity index is 1.23. The van der Waals surface area contributed by atoms with Crippen LogP contribution in [0.5, 0.6) is 0 Å². The van der Waals surface area contributed by atoms with Crippen LogP contribution in [0.15, 0.2) is 49.7 Å². The van der Waals surface area contributed by atoms with Crippen LogP contribution < -0.4 is 9.80 Å². The topological polar surface area (TPSA) is 73.5 Å². The smallest absolute Gasteiger partial charge is 0.152 e. The van der Waals surface area contributed by atoms with Crippen LogP contribution in [-0.2, 0) is 22.6 Å². The van der Waals surface area contributed by atoms with E-state index in [2.05, 4.69) is 32.8 Å². The fraction of sp³-hybridized carbons (Fsp3) is 0.500. The first-order valence-electron chi connectivity index (χ1n) is 10.8. The molecule has 9 nitrogen and oxygen atoms in total. The van der Waals surface area contributed by atoms with Crippen molar-refractivity contribution in [1.82, 2.24) is 24.1 Å². The van der Waals surface area contributed by atoms with Gasteiger partial charge >= 0.3 is 0 Å². The van der Waals surface area contributed by atoms with Crippen molar-refractivity contribution in [2.75, 3.05) is 62.4 Å². The van der Waals surface area contributed by atoms with Crippen LogP contribution >= 0.6 is 0 Å². The third-order valence-corrected chi connectivity index (χ3v) is 5.38. The van der Waals surface area contributed by atoms with Crippen molar-refractivity contribution in [3.63, 3.8) is 0 Å². The Bertz CT molecular complexity index is 899. The molecule has 0 unspecified atom stereocenters. The summed E-state index contributed by atoms with van der Waals surface area (Å²) >= 11 is 0. The maximum absolute atomic E-state index is 5.85. The van der Waals surface area contributed by atoms with Gasteiger partial charge in [0.2, 0.25) is 0 Å². The molecular formula is C22H31N7O2. The molecule has 0 N–H and O–H groups in total. The maximum Gasteiger partial charge on any atom is 0.152 e. The first kappa shape index (κ1) is 21.3. The molecule has 0 fully saturated rings. The van der Waals surface area contributed by atoms with E-state index < -0.39 is 0 Å². The van der Waals surface area contributed by atoms with Crippen molar-refractivity contribution in [2.24, 2.45) is 0 Å². The van der Waals surface area contributed by atoms with Gasteiger partial charge in [-0.2, -0.15) is 0 Å². The molecular weight excluding hydrogens is 394 g/mol. The molecule has 0 radical (unpaired) electrons. The lowest BCUT2D eigenvalue weighted by molar-refractivity contribution is 0.130. The highest BCUT2D eigenvalue weighted by Gasteiger charge is 2.23. The van der Waals surface area contributed by atoms with Gasteiger partial charge in [0.15, 0.2) is 5.82 Å². The van der Waals surface area contributed by atoms with Crippen molar-refractivity contribution < 1.29 is 9.47 Å². The molecule has 3 aromatic heterocycles. The molecule has 31 heavy (non-hydrogen) atoms. The lowest BCUT2D eigenvalue weighted by atomic mass is 10.2. The summed E-state index contributed by atoms with van der Waals surface area (Å²) in [5.74, 6) is 1.04. The lowest BCUT2D eigenvalue weighted by Gasteiger charge is -2.38. The molecule has 9 heteroatoms. The van der Waals surface area contributed by atoms with Gasteiger partial charge < -0.3 is 28.4 Å². The third-order valence-electron chi connectivity index (χ3n) is 5.38. The summed E-state index contributed by atoms with van der Waals surface area (Å²) in [4.78, 5) is 17.5. The average Bonchev–Trinajstić information content (AvgIpc) is 3.48. The summed E-state index contributed by atoms with van der Waals surface area (Å²) in [5, 5.41) is 0. The zero-order chi connectivity index (χ0) is 21.3. The number of aromatic nitrogens is 5. The van der Waals surface area contributed by atoms with Gasteiger partial charge in [-0.25, -0.2) is 15.0 Å². The first-order valence-corrected chi connectivity index (χ1v) is 10.8. The van der Waals surface area contributed by atoms with Gasteiger partial charge in [0.1, 0.15) is 0 Å². The molecule has 4 heterocycles. The number of rotatable bonds is 12. The van der Waals surface area contributed by atoms with Crippen LogP contribution in [0.1, 0.15) is 5.56 Å². The van der Waals surface area contributed by atoms with Crippen molar-refractivity contribution in [3.8, 4) is 0 Å². The van der Waals surface area contributed by atoms with E-state index in [1.807, 2.05) is 40.4 Å². The van der Waals surface area contributed by atoms with Crippen LogP contribution in [0.2, 0.25) is 0 Å². The zero-order valence-electron chi connectivity index (χ0n) is 18.1. The maximum atomic E-state index is 5.85. The van der Waals surface area contributed by atoms with E-state index in [9.17, 15) is 0 Å². The molecule has 4 rings (SSSR count). The van der Waals surface area contributed by atoms with Gasteiger partial charge in [-0.3, -0.25) is 0 Å². The molecule has 0 atom stereocenters. The Morgan fingerprint density at radius 3 is 2.00 bits per heavy atom. The Morgan fingerprint density at radius 2 is 1.39 bits per heavy atom. The molecule has 0 aromatic carbocycles. The van der Waals surface area contributed by atoms with E-state index >= 15 is 0 Å². The second-order valence-corrected chi connectivity index (χ2v) is 7.66. The molecule has 0 saturated carbocycles. The summed E-state index contributed by atoms with van der Waals surface area (Å²) < 4.78 is 15.7. The fourth-order valence-electron chi connectivity index (χ4n) is 3.67. The second-order valence-electron chi connectivity index (χ2n) is 7.66. The third kappa shape index (κ3) is 6.05. The van der Waals surface area contributed by atoms with E-state index in [4.69, 9.17) is 14.5 Å². The highest BCUT2D eigenvalue weighted by Crippen LogP contribution is 2.31. The summed E-state index contributed by atoms with van der Waals surface area (Å²) in [5.41, 5.74) is 2.35. The van der Waals surface area contributed by atoms with Gasteiger partial charge in [0.25, 0.3) is 0 Å². The minimum absolute atomic E-state index is 0.681. The number of ether oxygens (including phenoxy) is 2. The SMILES string of the molecule is Cc1cnc2c(c1)N(CCOCCn1ccnc1)CCN2CCOCCn1ccnc1. The molecule has 0 saturated heterocycles. The quantitative estimate of drug-likeness (QED) is 0.410. The van der Waals surface area contributed by atoms with Crippen molar-refractivity contribution in [1.29, 1.82) is 0 Å². The molecule has 0 amide bonds. The van der Waals surface area contributed by atoms with Crippen LogP contribution in [0.25, 0.3) is 0 Å². The number of nitrogens with zero attached hydrogens (tertiary/aromatic N) is 7. The van der Waals surface area contributed by atoms with E-state index in [1.165, 1.54) is 11.3 Å². The largest absolute Gasteiger partial charge is 0.378 e. The number of pyridine rings is 1. The van der Waals surface area contributed by atoms with E-state index in [0.29, 0.717) is 26.4 Å². The Hall–Kier alpha value is -2.91. The second kappa shape index (κ2) is 10.9. The average molecular weight is 426 g/mol. The minimum atomic E-state index is 0.681. The number of aryl methyl sites for hydroxylation is 1. The van der Waals surface area contributed by atoms with Crippen LogP contribution in [-0.4, -0.2) is 76.7 Å². The molecule has 0 bridgehead atoms. The minimum Gasteiger partial charge on any atom is -0.378 e. The number of fused-ring (bicyclic) bond motifs is 1. The molecule has 166 valence electrons. The number of anilines is 2. The number of hydrogen-bond acceptors (Lipinski definition) is 7. The van der Waals surface area contributed by atoms with E-state index in [1.54, 1.807) is 12.4 Å². The van der Waals surface area contributed by atoms with Gasteiger partial charge in [-0.1, -0.05) is 0 Å². The summed E-state index contributed by atoms with van der Waals surface area (Å²) in [6.45, 7) is 10.1. The normalized spacial score (nSPS) is 13.6. The molecule has 3 aromatic rings. The summed E-state index contributed by atoms with van der Waals surface area (Å²) in [6.07, 6.45) is 13.0. The molecule has 0 spiro atoms. The van der Waals surface area contributed by atoms with E-state index in [0.717, 1.165) is 45.1 Å². The van der Waals surface area contributed by atoms with Gasteiger partial charge in [0.05, 0.1) is 44.8 Å². The van der Waals surface area contributed by atoms with E-state index in [-0.39, 0.29) is 0 Å². The van der Waals surface area contributed by atoms with Crippen LogP contribution in [0.4, 0.5) is 11.5 Å². The summed E-state index contributed by atoms with van der Waals surface area (Å²) in [6, 6.07) is 2.22. The van der Waals surface area contributed by atoms with Crippen LogP contribution in [0, 0.1) is 6.92 Å². The molecule has 0 aliphatic carbocycles. The molecule has 1 aliphatic rings. The van der Waals surface area contributed by atoms with Crippen molar-refractivity contribution in [2.45, 2.75) is 20.0 Å². The van der Waals surface area contributed by atoms with Gasteiger partial charge in [-0.15, -0.1) is 0 Å². The highest BCUT2D eigenvalue weighted by atomic mass is 16.5. The van der Waals surface area contributed by atoms with Crippen molar-refractivity contribution >= 4 is 11.5 Å². The number of hydrogen-bond donors (Lipinski definition) is 0. The van der Waals surface area contributed by atoms with Gasteiger partial charge in [-0.05, 0) is 18.6 Å². The Labute approximate surface area is 183 Å². The fourth-order valence-corrected chi connectivity index (χ4v) is 3.67. The first-order chi connectivity index (χ1) is 15.3. The zero-order valence-corrected chi connectivity index (χ0v) is 18.1. The highest BCUT2D eigenvalue weighted by molar-refractivity contribution is 5.70. The predicted octanol–water partition coefficient (Wildman–Crippen LogP) is 1.84. The predicted molar refractivity (Wildman–Crippen MR) is 119 cm³/mol. The number of imidazole rings is 2. The van der Waals surface area contributed by atoms with Crippen LogP contribution in [0.3, 0.4) is 0 Å². The summed E-state index contributed by atoms with van der Waals surface area (Å²) in [7, 11) is 0. The molecule has 1 aliphatic heterocycles. The monoisotopic (exact) mass is 425 g/mol. The Kier molecular flexibility index (Phi) is 7.51. The lowest BCUT2D eigenvalue weighted by Crippen LogP contribution is -2.44. The van der Waals surface area contributed by atoms with Crippen molar-refractivity contribution in [3.05, 3.63) is 55.3 Å². The van der Waals surface area contributed by atoms with Gasteiger partial charge in [0, 0.05) is 70.3 Å². The Morgan fingerprint density at radius 1 is 0.806 bits per heavy atom.